The van der Waals surface area contributed by atoms with Gasteiger partial charge in [0.1, 0.15) is 4.83 Å². The molecule has 2 aromatic heterocycles. The number of aromatic amines is 1. The molecule has 4 N–H and O–H groups in total. The van der Waals surface area contributed by atoms with Gasteiger partial charge in [0, 0.05) is 24.6 Å². The van der Waals surface area contributed by atoms with Crippen molar-refractivity contribution in [2.45, 2.75) is 32.4 Å². The maximum Gasteiger partial charge on any atom is 0.287 e. The number of halogens is 1. The Bertz CT molecular complexity index is 1270. The second-order valence-corrected chi connectivity index (χ2v) is 9.16. The van der Waals surface area contributed by atoms with E-state index in [-0.39, 0.29) is 42.5 Å². The predicted octanol–water partition coefficient (Wildman–Crippen LogP) is 2.48. The summed E-state index contributed by atoms with van der Waals surface area (Å²) in [7, 11) is 1.36. The first-order valence-corrected chi connectivity index (χ1v) is 11.7. The summed E-state index contributed by atoms with van der Waals surface area (Å²) in [5.41, 5.74) is 6.28. The van der Waals surface area contributed by atoms with Crippen LogP contribution in [0.3, 0.4) is 0 Å². The molecular weight excluding hydrogens is 463 g/mol. The zero-order valence-corrected chi connectivity index (χ0v) is 19.4. The fourth-order valence-electron chi connectivity index (χ4n) is 4.12. The van der Waals surface area contributed by atoms with Gasteiger partial charge in [0.25, 0.3) is 11.5 Å². The van der Waals surface area contributed by atoms with Gasteiger partial charge in [-0.2, -0.15) is 0 Å². The standard InChI is InChI=1S/C23H25FN4O5S/c1-32-17-7-12(3-5-16(17)24)8-26-22(31)20-27-21(30)18-15(11-34-23(18)28-20)10-33-9-13-2-4-14(6-13)19(25)29/h3,5,7,11,13-14H,2,4,6,8-10H2,1H3,(H2,25,29)(H,26,31)(H,27,28,30). The molecule has 2 heterocycles. The average molecular weight is 489 g/mol. The Kier molecular flexibility index (Phi) is 7.23. The quantitative estimate of drug-likeness (QED) is 0.423. The van der Waals surface area contributed by atoms with Crippen LogP contribution in [0.25, 0.3) is 10.2 Å². The second-order valence-electron chi connectivity index (χ2n) is 8.30. The van der Waals surface area contributed by atoms with E-state index in [1.165, 1.54) is 36.6 Å². The number of fused-ring (bicyclic) bond motifs is 1. The summed E-state index contributed by atoms with van der Waals surface area (Å²) >= 11 is 1.26. The minimum absolute atomic E-state index is 0.0775. The molecule has 1 saturated carbocycles. The number of H-pyrrole nitrogens is 1. The lowest BCUT2D eigenvalue weighted by Crippen LogP contribution is -2.27. The molecule has 2 atom stereocenters. The molecule has 1 fully saturated rings. The number of primary amides is 1. The normalized spacial score (nSPS) is 17.7. The van der Waals surface area contributed by atoms with Gasteiger partial charge in [0.15, 0.2) is 11.6 Å². The molecule has 2 unspecified atom stereocenters. The van der Waals surface area contributed by atoms with Gasteiger partial charge in [-0.25, -0.2) is 9.37 Å². The summed E-state index contributed by atoms with van der Waals surface area (Å²) in [6.45, 7) is 0.833. The van der Waals surface area contributed by atoms with Gasteiger partial charge >= 0.3 is 0 Å². The van der Waals surface area contributed by atoms with E-state index in [0.717, 1.165) is 19.3 Å². The lowest BCUT2D eigenvalue weighted by molar-refractivity contribution is -0.121. The lowest BCUT2D eigenvalue weighted by Gasteiger charge is -2.10. The van der Waals surface area contributed by atoms with Gasteiger partial charge in [-0.05, 0) is 48.3 Å². The number of amides is 2. The molecule has 0 saturated heterocycles. The van der Waals surface area contributed by atoms with E-state index in [1.54, 1.807) is 5.38 Å². The lowest BCUT2D eigenvalue weighted by atomic mass is 10.1. The monoisotopic (exact) mass is 488 g/mol. The maximum atomic E-state index is 13.5. The van der Waals surface area contributed by atoms with Gasteiger partial charge < -0.3 is 25.5 Å². The highest BCUT2D eigenvalue weighted by Crippen LogP contribution is 2.31. The number of benzene rings is 1. The van der Waals surface area contributed by atoms with Gasteiger partial charge in [-0.3, -0.25) is 14.4 Å². The summed E-state index contributed by atoms with van der Waals surface area (Å²) in [4.78, 5) is 43.8. The van der Waals surface area contributed by atoms with Crippen LogP contribution >= 0.6 is 11.3 Å². The number of carbonyl (C=O) groups is 2. The summed E-state index contributed by atoms with van der Waals surface area (Å²) in [5.74, 6) is -1.16. The number of aromatic nitrogens is 2. The SMILES string of the molecule is COc1cc(CNC(=O)c2nc3scc(COCC4CCC(C(N)=O)C4)c3c(=O)[nH]2)ccc1F. The average Bonchev–Trinajstić information content (AvgIpc) is 3.46. The zero-order chi connectivity index (χ0) is 24.2. The number of hydrogen-bond donors (Lipinski definition) is 3. The van der Waals surface area contributed by atoms with Crippen LogP contribution < -0.4 is 21.3 Å². The third-order valence-corrected chi connectivity index (χ3v) is 6.88. The number of ether oxygens (including phenoxy) is 2. The van der Waals surface area contributed by atoms with Crippen LogP contribution in [0.1, 0.15) is 41.0 Å². The molecule has 1 aliphatic carbocycles. The molecule has 2 amide bonds. The third-order valence-electron chi connectivity index (χ3n) is 5.96. The first-order valence-electron chi connectivity index (χ1n) is 10.8. The highest BCUT2D eigenvalue weighted by molar-refractivity contribution is 7.16. The maximum absolute atomic E-state index is 13.5. The first kappa shape index (κ1) is 23.8. The van der Waals surface area contributed by atoms with E-state index in [1.807, 2.05) is 0 Å². The summed E-state index contributed by atoms with van der Waals surface area (Å²) in [6, 6.07) is 4.27. The highest BCUT2D eigenvalue weighted by atomic mass is 32.1. The Morgan fingerprint density at radius 3 is 2.91 bits per heavy atom. The van der Waals surface area contributed by atoms with Crippen molar-refractivity contribution >= 4 is 33.4 Å². The van der Waals surface area contributed by atoms with E-state index in [0.29, 0.717) is 28.0 Å². The van der Waals surface area contributed by atoms with Crippen molar-refractivity contribution in [3.8, 4) is 5.75 Å². The predicted molar refractivity (Wildman–Crippen MR) is 124 cm³/mol. The third kappa shape index (κ3) is 5.26. The van der Waals surface area contributed by atoms with Crippen LogP contribution in [0.4, 0.5) is 4.39 Å². The van der Waals surface area contributed by atoms with Gasteiger partial charge in [0.2, 0.25) is 11.7 Å². The molecule has 34 heavy (non-hydrogen) atoms. The Hall–Kier alpha value is -3.31. The molecule has 0 aliphatic heterocycles. The number of nitrogens with zero attached hydrogens (tertiary/aromatic N) is 1. The largest absolute Gasteiger partial charge is 0.494 e. The van der Waals surface area contributed by atoms with Crippen molar-refractivity contribution in [2.24, 2.45) is 17.6 Å². The van der Waals surface area contributed by atoms with Crippen LogP contribution in [0.2, 0.25) is 0 Å². The number of rotatable bonds is 9. The van der Waals surface area contributed by atoms with Crippen molar-refractivity contribution in [2.75, 3.05) is 13.7 Å². The number of thiophene rings is 1. The topological polar surface area (TPSA) is 136 Å². The van der Waals surface area contributed by atoms with E-state index in [4.69, 9.17) is 15.2 Å². The highest BCUT2D eigenvalue weighted by Gasteiger charge is 2.28. The van der Waals surface area contributed by atoms with Crippen LogP contribution in [0.15, 0.2) is 28.4 Å². The van der Waals surface area contributed by atoms with Gasteiger partial charge in [-0.15, -0.1) is 11.3 Å². The molecule has 180 valence electrons. The zero-order valence-electron chi connectivity index (χ0n) is 18.6. The number of nitrogens with one attached hydrogen (secondary N) is 2. The van der Waals surface area contributed by atoms with E-state index >= 15 is 0 Å². The second kappa shape index (κ2) is 10.3. The molecule has 3 aromatic rings. The molecule has 1 aromatic carbocycles. The van der Waals surface area contributed by atoms with Crippen LogP contribution in [0.5, 0.6) is 5.75 Å². The van der Waals surface area contributed by atoms with Crippen LogP contribution in [0, 0.1) is 17.7 Å². The van der Waals surface area contributed by atoms with E-state index < -0.39 is 17.3 Å². The van der Waals surface area contributed by atoms with Crippen LogP contribution in [-0.2, 0) is 22.7 Å². The minimum Gasteiger partial charge on any atom is -0.494 e. The molecule has 9 nitrogen and oxygen atoms in total. The van der Waals surface area contributed by atoms with Crippen molar-refractivity contribution in [1.82, 2.24) is 15.3 Å². The first-order chi connectivity index (χ1) is 16.4. The Morgan fingerprint density at radius 2 is 2.18 bits per heavy atom. The molecule has 0 spiro atoms. The van der Waals surface area contributed by atoms with Gasteiger partial charge in [0.05, 0.1) is 19.1 Å². The Morgan fingerprint density at radius 1 is 1.35 bits per heavy atom. The summed E-state index contributed by atoms with van der Waals surface area (Å²) < 4.78 is 24.3. The van der Waals surface area contributed by atoms with Crippen molar-refractivity contribution in [3.63, 3.8) is 0 Å². The number of methoxy groups -OCH3 is 1. The number of nitrogens with two attached hydrogens (primary N) is 1. The van der Waals surface area contributed by atoms with E-state index in [9.17, 15) is 18.8 Å². The fourth-order valence-corrected chi connectivity index (χ4v) is 5.05. The smallest absolute Gasteiger partial charge is 0.287 e. The molecule has 0 bridgehead atoms. The molecule has 11 heteroatoms. The van der Waals surface area contributed by atoms with Crippen LogP contribution in [-0.4, -0.2) is 35.5 Å². The Labute approximate surface area is 198 Å². The Balaban J connectivity index is 1.38. The van der Waals surface area contributed by atoms with E-state index in [2.05, 4.69) is 15.3 Å². The molecule has 4 rings (SSSR count). The number of carbonyl (C=O) groups excluding carboxylic acids is 2. The number of hydrogen-bond acceptors (Lipinski definition) is 7. The fraction of sp³-hybridized carbons (Fsp3) is 0.391. The summed E-state index contributed by atoms with van der Waals surface area (Å²) in [5, 5.41) is 4.85. The minimum atomic E-state index is -0.557. The molecule has 0 radical (unpaired) electrons. The molecular formula is C23H25FN4O5S. The van der Waals surface area contributed by atoms with Crippen molar-refractivity contribution < 1.29 is 23.5 Å². The van der Waals surface area contributed by atoms with Crippen molar-refractivity contribution in [3.05, 3.63) is 56.7 Å². The van der Waals surface area contributed by atoms with Crippen molar-refractivity contribution in [1.29, 1.82) is 0 Å². The van der Waals surface area contributed by atoms with Gasteiger partial charge in [-0.1, -0.05) is 6.07 Å². The molecule has 1 aliphatic rings. The summed E-state index contributed by atoms with van der Waals surface area (Å²) in [6.07, 6.45) is 2.40.